The standard InChI is InChI=1S/C24H18N2O3/c1-17-7-9-19(10-8-17)24(27)29-23-16-15-22(25-26-23)18-11-13-21(14-12-18)28-20-5-3-2-4-6-20/h2-16H,1H3. The van der Waals surface area contributed by atoms with Crippen molar-refractivity contribution in [1.29, 1.82) is 0 Å². The van der Waals surface area contributed by atoms with Gasteiger partial charge in [-0.1, -0.05) is 35.9 Å². The third kappa shape index (κ3) is 4.65. The van der Waals surface area contributed by atoms with E-state index >= 15 is 0 Å². The Morgan fingerprint density at radius 1 is 0.724 bits per heavy atom. The third-order valence-corrected chi connectivity index (χ3v) is 4.25. The number of hydrogen-bond donors (Lipinski definition) is 0. The molecule has 5 nitrogen and oxygen atoms in total. The van der Waals surface area contributed by atoms with Gasteiger partial charge in [-0.05, 0) is 61.5 Å². The summed E-state index contributed by atoms with van der Waals surface area (Å²) >= 11 is 0. The van der Waals surface area contributed by atoms with Crippen molar-refractivity contribution in [2.24, 2.45) is 0 Å². The molecule has 142 valence electrons. The van der Waals surface area contributed by atoms with E-state index in [1.54, 1.807) is 24.3 Å². The summed E-state index contributed by atoms with van der Waals surface area (Å²) in [5.41, 5.74) is 3.10. The van der Waals surface area contributed by atoms with E-state index in [0.717, 1.165) is 22.6 Å². The predicted molar refractivity (Wildman–Crippen MR) is 110 cm³/mol. The van der Waals surface area contributed by atoms with E-state index < -0.39 is 5.97 Å². The molecule has 1 heterocycles. The monoisotopic (exact) mass is 382 g/mol. The highest BCUT2D eigenvalue weighted by atomic mass is 16.5. The first-order valence-electron chi connectivity index (χ1n) is 9.13. The van der Waals surface area contributed by atoms with Gasteiger partial charge in [-0.2, -0.15) is 0 Å². The van der Waals surface area contributed by atoms with Crippen LogP contribution in [-0.2, 0) is 0 Å². The number of benzene rings is 3. The van der Waals surface area contributed by atoms with Gasteiger partial charge < -0.3 is 9.47 Å². The molecular weight excluding hydrogens is 364 g/mol. The summed E-state index contributed by atoms with van der Waals surface area (Å²) in [6.07, 6.45) is 0. The Morgan fingerprint density at radius 3 is 2.07 bits per heavy atom. The lowest BCUT2D eigenvalue weighted by Gasteiger charge is -2.07. The maximum Gasteiger partial charge on any atom is 0.344 e. The van der Waals surface area contributed by atoms with Crippen LogP contribution in [-0.4, -0.2) is 16.2 Å². The number of nitrogens with zero attached hydrogens (tertiary/aromatic N) is 2. The highest BCUT2D eigenvalue weighted by Gasteiger charge is 2.10. The molecular formula is C24H18N2O3. The molecule has 0 fully saturated rings. The van der Waals surface area contributed by atoms with E-state index in [0.29, 0.717) is 11.3 Å². The average molecular weight is 382 g/mol. The molecule has 4 rings (SSSR count). The Kier molecular flexibility index (Phi) is 5.29. The molecule has 0 spiro atoms. The van der Waals surface area contributed by atoms with Crippen molar-refractivity contribution >= 4 is 5.97 Å². The van der Waals surface area contributed by atoms with E-state index in [9.17, 15) is 4.79 Å². The van der Waals surface area contributed by atoms with Gasteiger partial charge in [0.2, 0.25) is 5.88 Å². The molecule has 0 N–H and O–H groups in total. The number of carbonyl (C=O) groups is 1. The summed E-state index contributed by atoms with van der Waals surface area (Å²) in [6, 6.07) is 27.7. The van der Waals surface area contributed by atoms with Crippen LogP contribution in [0, 0.1) is 6.92 Å². The van der Waals surface area contributed by atoms with Crippen LogP contribution >= 0.6 is 0 Å². The van der Waals surface area contributed by atoms with Gasteiger partial charge in [0.1, 0.15) is 11.5 Å². The molecule has 0 aliphatic carbocycles. The van der Waals surface area contributed by atoms with E-state index in [1.807, 2.05) is 73.7 Å². The maximum atomic E-state index is 12.2. The summed E-state index contributed by atoms with van der Waals surface area (Å²) in [5, 5.41) is 8.16. The van der Waals surface area contributed by atoms with Crippen LogP contribution in [0.5, 0.6) is 17.4 Å². The first-order valence-corrected chi connectivity index (χ1v) is 9.13. The zero-order valence-electron chi connectivity index (χ0n) is 15.8. The van der Waals surface area contributed by atoms with Crippen LogP contribution in [0.1, 0.15) is 15.9 Å². The molecule has 3 aromatic carbocycles. The molecule has 4 aromatic rings. The van der Waals surface area contributed by atoms with Gasteiger partial charge >= 0.3 is 5.97 Å². The number of hydrogen-bond acceptors (Lipinski definition) is 5. The fourth-order valence-corrected chi connectivity index (χ4v) is 2.69. The van der Waals surface area contributed by atoms with E-state index in [1.165, 1.54) is 0 Å². The second-order valence-electron chi connectivity index (χ2n) is 6.45. The summed E-state index contributed by atoms with van der Waals surface area (Å²) in [4.78, 5) is 12.2. The number of carbonyl (C=O) groups excluding carboxylic acids is 1. The van der Waals surface area contributed by atoms with Crippen molar-refractivity contribution in [2.45, 2.75) is 6.92 Å². The Morgan fingerprint density at radius 2 is 1.41 bits per heavy atom. The summed E-state index contributed by atoms with van der Waals surface area (Å²) in [5.74, 6) is 1.20. The van der Waals surface area contributed by atoms with Gasteiger partial charge in [0.25, 0.3) is 0 Å². The van der Waals surface area contributed by atoms with Crippen LogP contribution in [0.15, 0.2) is 91.0 Å². The summed E-state index contributed by atoms with van der Waals surface area (Å²) < 4.78 is 11.1. The highest BCUT2D eigenvalue weighted by molar-refractivity contribution is 5.90. The van der Waals surface area contributed by atoms with E-state index in [2.05, 4.69) is 10.2 Å². The Labute approximate surface area is 168 Å². The topological polar surface area (TPSA) is 61.3 Å². The molecule has 1 aromatic heterocycles. The summed E-state index contributed by atoms with van der Waals surface area (Å²) in [7, 11) is 0. The normalized spacial score (nSPS) is 10.4. The highest BCUT2D eigenvalue weighted by Crippen LogP contribution is 2.25. The number of esters is 1. The quantitative estimate of drug-likeness (QED) is 0.429. The number of ether oxygens (including phenoxy) is 2. The van der Waals surface area contributed by atoms with Crippen molar-refractivity contribution in [3.8, 4) is 28.6 Å². The molecule has 5 heteroatoms. The van der Waals surface area contributed by atoms with Crippen LogP contribution in [0.2, 0.25) is 0 Å². The van der Waals surface area contributed by atoms with Crippen molar-refractivity contribution in [2.75, 3.05) is 0 Å². The minimum Gasteiger partial charge on any atom is -0.457 e. The van der Waals surface area contributed by atoms with Crippen molar-refractivity contribution < 1.29 is 14.3 Å². The van der Waals surface area contributed by atoms with Gasteiger partial charge in [-0.3, -0.25) is 0 Å². The van der Waals surface area contributed by atoms with E-state index in [4.69, 9.17) is 9.47 Å². The summed E-state index contributed by atoms with van der Waals surface area (Å²) in [6.45, 7) is 1.96. The molecule has 0 aliphatic heterocycles. The minimum atomic E-state index is -0.463. The van der Waals surface area contributed by atoms with Gasteiger partial charge in [-0.15, -0.1) is 10.2 Å². The van der Waals surface area contributed by atoms with Crippen LogP contribution in [0.25, 0.3) is 11.3 Å². The molecule has 29 heavy (non-hydrogen) atoms. The van der Waals surface area contributed by atoms with E-state index in [-0.39, 0.29) is 5.88 Å². The molecule has 0 aliphatic rings. The molecule has 0 atom stereocenters. The van der Waals surface area contributed by atoms with Gasteiger partial charge in [0, 0.05) is 11.6 Å². The zero-order valence-corrected chi connectivity index (χ0v) is 15.8. The van der Waals surface area contributed by atoms with Crippen LogP contribution < -0.4 is 9.47 Å². The first-order chi connectivity index (χ1) is 14.2. The second-order valence-corrected chi connectivity index (χ2v) is 6.45. The SMILES string of the molecule is Cc1ccc(C(=O)Oc2ccc(-c3ccc(Oc4ccccc4)cc3)nn2)cc1. The second kappa shape index (κ2) is 8.35. The largest absolute Gasteiger partial charge is 0.457 e. The Hall–Kier alpha value is -3.99. The average Bonchev–Trinajstić information content (AvgIpc) is 2.76. The first kappa shape index (κ1) is 18.4. The molecule has 0 bridgehead atoms. The third-order valence-electron chi connectivity index (χ3n) is 4.25. The fraction of sp³-hybridized carbons (Fsp3) is 0.0417. The Bertz CT molecular complexity index is 1090. The van der Waals surface area contributed by atoms with Crippen LogP contribution in [0.4, 0.5) is 0 Å². The number of para-hydroxylation sites is 1. The van der Waals surface area contributed by atoms with Crippen LogP contribution in [0.3, 0.4) is 0 Å². The molecule has 0 radical (unpaired) electrons. The molecule has 0 unspecified atom stereocenters. The van der Waals surface area contributed by atoms with Crippen molar-refractivity contribution in [1.82, 2.24) is 10.2 Å². The van der Waals surface area contributed by atoms with Gasteiger partial charge in [0.15, 0.2) is 0 Å². The van der Waals surface area contributed by atoms with Crippen molar-refractivity contribution in [3.05, 3.63) is 102 Å². The zero-order chi connectivity index (χ0) is 20.1. The Balaban J connectivity index is 1.42. The lowest BCUT2D eigenvalue weighted by atomic mass is 10.1. The number of aryl methyl sites for hydroxylation is 1. The lowest BCUT2D eigenvalue weighted by Crippen LogP contribution is -2.09. The van der Waals surface area contributed by atoms with Gasteiger partial charge in [-0.25, -0.2) is 4.79 Å². The molecule has 0 saturated heterocycles. The fourth-order valence-electron chi connectivity index (χ4n) is 2.69. The maximum absolute atomic E-state index is 12.2. The van der Waals surface area contributed by atoms with Gasteiger partial charge in [0.05, 0.1) is 11.3 Å². The predicted octanol–water partition coefficient (Wildman–Crippen LogP) is 5.46. The number of rotatable bonds is 5. The number of aromatic nitrogens is 2. The minimum absolute atomic E-state index is 0.156. The smallest absolute Gasteiger partial charge is 0.344 e. The lowest BCUT2D eigenvalue weighted by molar-refractivity contribution is 0.0726. The van der Waals surface area contributed by atoms with Crippen molar-refractivity contribution in [3.63, 3.8) is 0 Å². The molecule has 0 saturated carbocycles. The molecule has 0 amide bonds.